The van der Waals surface area contributed by atoms with Crippen LogP contribution in [0.3, 0.4) is 0 Å². The van der Waals surface area contributed by atoms with Crippen LogP contribution >= 0.6 is 0 Å². The second-order valence-electron chi connectivity index (χ2n) is 5.35. The van der Waals surface area contributed by atoms with Gasteiger partial charge < -0.3 is 24.5 Å². The molecule has 0 unspecified atom stereocenters. The smallest absolute Gasteiger partial charge is 0.358 e. The molecular weight excluding hydrogens is 330 g/mol. The lowest BCUT2D eigenvalue weighted by Crippen LogP contribution is -2.24. The van der Waals surface area contributed by atoms with Crippen LogP contribution in [-0.2, 0) is 20.1 Å². The molecule has 130 valence electrons. The number of aromatic nitrogens is 5. The molecule has 11 nitrogen and oxygen atoms in total. The molecule has 25 heavy (non-hydrogen) atoms. The highest BCUT2D eigenvalue weighted by atomic mass is 16.6. The third-order valence-electron chi connectivity index (χ3n) is 3.69. The maximum Gasteiger partial charge on any atom is 0.389 e. The highest BCUT2D eigenvalue weighted by molar-refractivity contribution is 5.89. The Morgan fingerprint density at radius 2 is 2.20 bits per heavy atom. The first kappa shape index (κ1) is 16.4. The molecule has 3 aromatic heterocycles. The van der Waals surface area contributed by atoms with Gasteiger partial charge in [0.1, 0.15) is 6.54 Å². The van der Waals surface area contributed by atoms with E-state index in [0.717, 1.165) is 11.4 Å². The van der Waals surface area contributed by atoms with E-state index in [1.165, 1.54) is 16.9 Å². The minimum atomic E-state index is -0.600. The quantitative estimate of drug-likeness (QED) is 0.516. The van der Waals surface area contributed by atoms with Crippen LogP contribution in [0.4, 0.5) is 5.82 Å². The van der Waals surface area contributed by atoms with Crippen molar-refractivity contribution in [1.82, 2.24) is 29.8 Å². The number of amides is 1. The van der Waals surface area contributed by atoms with Gasteiger partial charge in [0.2, 0.25) is 0 Å². The van der Waals surface area contributed by atoms with Crippen molar-refractivity contribution >= 4 is 11.7 Å². The number of hydrogen-bond acceptors (Lipinski definition) is 7. The minimum Gasteiger partial charge on any atom is -0.358 e. The van der Waals surface area contributed by atoms with E-state index in [0.29, 0.717) is 6.54 Å². The number of aryl methyl sites for hydroxylation is 1. The zero-order valence-corrected chi connectivity index (χ0v) is 13.5. The molecule has 1 N–H and O–H groups in total. The maximum absolute atomic E-state index is 12.1. The average molecular weight is 345 g/mol. The molecule has 0 bridgehead atoms. The zero-order valence-electron chi connectivity index (χ0n) is 13.5. The van der Waals surface area contributed by atoms with E-state index in [9.17, 15) is 14.9 Å². The van der Waals surface area contributed by atoms with Crippen LogP contribution in [0.25, 0.3) is 0 Å². The van der Waals surface area contributed by atoms with Gasteiger partial charge in [0, 0.05) is 18.4 Å². The van der Waals surface area contributed by atoms with E-state index in [1.54, 1.807) is 0 Å². The van der Waals surface area contributed by atoms with Gasteiger partial charge in [-0.2, -0.15) is 9.67 Å². The van der Waals surface area contributed by atoms with E-state index >= 15 is 0 Å². The number of nitrogens with one attached hydrogen (secondary N) is 1. The van der Waals surface area contributed by atoms with Crippen LogP contribution < -0.4 is 5.32 Å². The Morgan fingerprint density at radius 3 is 2.84 bits per heavy atom. The van der Waals surface area contributed by atoms with E-state index in [1.807, 2.05) is 30.7 Å². The van der Waals surface area contributed by atoms with Gasteiger partial charge in [-0.1, -0.05) is 5.16 Å². The second kappa shape index (κ2) is 6.55. The van der Waals surface area contributed by atoms with Crippen LogP contribution in [0.15, 0.2) is 28.9 Å². The van der Waals surface area contributed by atoms with Gasteiger partial charge >= 0.3 is 17.6 Å². The number of nitro groups is 1. The van der Waals surface area contributed by atoms with Crippen molar-refractivity contribution in [1.29, 1.82) is 0 Å². The zero-order chi connectivity index (χ0) is 18.0. The van der Waals surface area contributed by atoms with E-state index in [2.05, 4.69) is 20.6 Å². The van der Waals surface area contributed by atoms with Crippen LogP contribution in [0.1, 0.15) is 27.9 Å². The highest BCUT2D eigenvalue weighted by Crippen LogP contribution is 2.08. The summed E-state index contributed by atoms with van der Waals surface area (Å²) in [6.07, 6.45) is 1.42. The Kier molecular flexibility index (Phi) is 4.29. The number of hydrogen-bond donors (Lipinski definition) is 1. The Balaban J connectivity index is 1.61. The van der Waals surface area contributed by atoms with Gasteiger partial charge in [-0.3, -0.25) is 4.79 Å². The van der Waals surface area contributed by atoms with Gasteiger partial charge in [-0.05, 0) is 24.0 Å². The third-order valence-corrected chi connectivity index (χ3v) is 3.69. The molecule has 0 aliphatic carbocycles. The highest BCUT2D eigenvalue weighted by Gasteiger charge is 2.18. The number of carbonyl (C=O) groups is 1. The molecule has 3 heterocycles. The molecule has 0 fully saturated rings. The summed E-state index contributed by atoms with van der Waals surface area (Å²) in [6.45, 7) is 2.35. The summed E-state index contributed by atoms with van der Waals surface area (Å²) in [5.41, 5.74) is 2.02. The first-order valence-corrected chi connectivity index (χ1v) is 7.34. The van der Waals surface area contributed by atoms with Gasteiger partial charge in [0.15, 0.2) is 5.82 Å². The topological polar surface area (TPSA) is 134 Å². The fourth-order valence-electron chi connectivity index (χ4n) is 2.18. The van der Waals surface area contributed by atoms with Crippen molar-refractivity contribution in [2.24, 2.45) is 7.05 Å². The molecule has 0 saturated carbocycles. The van der Waals surface area contributed by atoms with Crippen molar-refractivity contribution in [3.63, 3.8) is 0 Å². The lowest BCUT2D eigenvalue weighted by Gasteiger charge is -2.05. The summed E-state index contributed by atoms with van der Waals surface area (Å²) in [4.78, 5) is 26.0. The fraction of sp³-hybridized carbons (Fsp3) is 0.286. The van der Waals surface area contributed by atoms with Crippen molar-refractivity contribution in [3.8, 4) is 0 Å². The van der Waals surface area contributed by atoms with Crippen LogP contribution in [0.2, 0.25) is 0 Å². The molecule has 0 atom stereocenters. The van der Waals surface area contributed by atoms with Crippen molar-refractivity contribution in [3.05, 3.63) is 57.6 Å². The Bertz CT molecular complexity index is 923. The predicted octanol–water partition coefficient (Wildman–Crippen LogP) is 0.800. The molecule has 0 aliphatic rings. The van der Waals surface area contributed by atoms with E-state index in [-0.39, 0.29) is 24.1 Å². The van der Waals surface area contributed by atoms with Crippen LogP contribution in [0.5, 0.6) is 0 Å². The summed E-state index contributed by atoms with van der Waals surface area (Å²) in [5.74, 6) is -0.760. The largest absolute Gasteiger partial charge is 0.389 e. The maximum atomic E-state index is 12.1. The SMILES string of the molecule is Cc1ccc(CNC(=O)c2nc(Cn3ccc([N+](=O)[O-])n3)no2)n1C. The van der Waals surface area contributed by atoms with E-state index in [4.69, 9.17) is 4.52 Å². The minimum absolute atomic E-state index is 0.0572. The monoisotopic (exact) mass is 345 g/mol. The van der Waals surface area contributed by atoms with Gasteiger partial charge in [0.05, 0.1) is 23.9 Å². The standard InChI is InChI=1S/C14H15N7O4/c1-9-3-4-10(19(9)2)7-15-13(22)14-16-11(18-25-14)8-20-6-5-12(17-20)21(23)24/h3-6H,7-8H2,1-2H3,(H,15,22). The normalized spacial score (nSPS) is 10.8. The summed E-state index contributed by atoms with van der Waals surface area (Å²) in [5, 5.41) is 20.7. The predicted molar refractivity (Wildman–Crippen MR) is 83.6 cm³/mol. The first-order chi connectivity index (χ1) is 11.9. The molecule has 3 aromatic rings. The summed E-state index contributed by atoms with van der Waals surface area (Å²) < 4.78 is 8.17. The Labute approximate surface area is 141 Å². The number of rotatable bonds is 6. The molecule has 0 radical (unpaired) electrons. The number of nitrogens with zero attached hydrogens (tertiary/aromatic N) is 6. The molecule has 0 spiro atoms. The van der Waals surface area contributed by atoms with E-state index < -0.39 is 10.8 Å². The second-order valence-corrected chi connectivity index (χ2v) is 5.35. The number of carbonyl (C=O) groups excluding carboxylic acids is 1. The van der Waals surface area contributed by atoms with Gasteiger partial charge in [0.25, 0.3) is 0 Å². The summed E-state index contributed by atoms with van der Waals surface area (Å²) in [6, 6.07) is 5.13. The molecule has 0 aromatic carbocycles. The summed E-state index contributed by atoms with van der Waals surface area (Å²) >= 11 is 0. The van der Waals surface area contributed by atoms with Crippen molar-refractivity contribution in [2.75, 3.05) is 0 Å². The van der Waals surface area contributed by atoms with Gasteiger partial charge in [-0.25, -0.2) is 0 Å². The molecule has 1 amide bonds. The lowest BCUT2D eigenvalue weighted by atomic mass is 10.4. The molecule has 11 heteroatoms. The summed E-state index contributed by atoms with van der Waals surface area (Å²) in [7, 11) is 1.91. The van der Waals surface area contributed by atoms with Crippen LogP contribution in [-0.4, -0.2) is 35.3 Å². The Morgan fingerprint density at radius 1 is 1.40 bits per heavy atom. The third kappa shape index (κ3) is 3.54. The average Bonchev–Trinajstić information content (AvgIpc) is 3.29. The Hall–Kier alpha value is -3.50. The molecule has 0 aliphatic heterocycles. The fourth-order valence-corrected chi connectivity index (χ4v) is 2.18. The van der Waals surface area contributed by atoms with Gasteiger partial charge in [-0.15, -0.1) is 0 Å². The van der Waals surface area contributed by atoms with Crippen molar-refractivity contribution in [2.45, 2.75) is 20.0 Å². The molecule has 0 saturated heterocycles. The lowest BCUT2D eigenvalue weighted by molar-refractivity contribution is -0.389. The molecule has 3 rings (SSSR count). The van der Waals surface area contributed by atoms with Crippen molar-refractivity contribution < 1.29 is 14.2 Å². The first-order valence-electron chi connectivity index (χ1n) is 7.34. The molecular formula is C14H15N7O4. The van der Waals surface area contributed by atoms with Crippen LogP contribution in [0, 0.1) is 17.0 Å².